The van der Waals surface area contributed by atoms with Gasteiger partial charge in [0.25, 0.3) is 5.56 Å². The fourth-order valence-corrected chi connectivity index (χ4v) is 3.64. The highest BCUT2D eigenvalue weighted by Gasteiger charge is 2.21. The molecule has 0 spiro atoms. The van der Waals surface area contributed by atoms with Gasteiger partial charge in [0, 0.05) is 30.8 Å². The predicted octanol–water partition coefficient (Wildman–Crippen LogP) is 3.02. The number of pyridine rings is 1. The molecule has 1 aromatic carbocycles. The Hall–Kier alpha value is -1.92. The minimum Gasteiger partial charge on any atom is -0.376 e. The van der Waals surface area contributed by atoms with Crippen molar-refractivity contribution in [1.29, 1.82) is 0 Å². The van der Waals surface area contributed by atoms with Crippen LogP contribution < -0.4 is 10.9 Å². The van der Waals surface area contributed by atoms with Crippen LogP contribution in [-0.2, 0) is 11.3 Å². The zero-order valence-corrected chi connectivity index (χ0v) is 16.5. The van der Waals surface area contributed by atoms with Crippen molar-refractivity contribution in [2.45, 2.75) is 46.3 Å². The first-order chi connectivity index (χ1) is 12.5. The first kappa shape index (κ1) is 18.9. The van der Waals surface area contributed by atoms with E-state index in [0.29, 0.717) is 18.2 Å². The monoisotopic (exact) mass is 373 g/mol. The van der Waals surface area contributed by atoms with E-state index >= 15 is 0 Å². The van der Waals surface area contributed by atoms with Crippen LogP contribution in [0, 0.1) is 13.8 Å². The predicted molar refractivity (Wildman–Crippen MR) is 110 cm³/mol. The van der Waals surface area contributed by atoms with Crippen molar-refractivity contribution < 1.29 is 4.74 Å². The van der Waals surface area contributed by atoms with E-state index in [9.17, 15) is 4.79 Å². The van der Waals surface area contributed by atoms with Gasteiger partial charge in [0.2, 0.25) is 0 Å². The lowest BCUT2D eigenvalue weighted by Gasteiger charge is -2.28. The van der Waals surface area contributed by atoms with Crippen LogP contribution in [0.15, 0.2) is 23.0 Å². The van der Waals surface area contributed by atoms with Crippen molar-refractivity contribution in [3.63, 3.8) is 0 Å². The van der Waals surface area contributed by atoms with Gasteiger partial charge in [0.1, 0.15) is 0 Å². The maximum atomic E-state index is 12.6. The average molecular weight is 374 g/mol. The van der Waals surface area contributed by atoms with Crippen LogP contribution >= 0.6 is 12.2 Å². The van der Waals surface area contributed by atoms with Gasteiger partial charge >= 0.3 is 0 Å². The molecule has 1 atom stereocenters. The molecule has 0 amide bonds. The van der Waals surface area contributed by atoms with Crippen LogP contribution in [0.2, 0.25) is 0 Å². The molecule has 0 saturated carbocycles. The van der Waals surface area contributed by atoms with E-state index in [4.69, 9.17) is 17.0 Å². The number of aromatic nitrogens is 1. The van der Waals surface area contributed by atoms with Crippen LogP contribution in [0.3, 0.4) is 0 Å². The van der Waals surface area contributed by atoms with Gasteiger partial charge in [-0.2, -0.15) is 0 Å². The minimum atomic E-state index is -0.0580. The third-order valence-electron chi connectivity index (χ3n) is 4.96. The Balaban J connectivity index is 1.89. The minimum absolute atomic E-state index is 0.0580. The van der Waals surface area contributed by atoms with Crippen molar-refractivity contribution >= 4 is 28.2 Å². The van der Waals surface area contributed by atoms with Crippen molar-refractivity contribution in [2.24, 2.45) is 0 Å². The molecule has 0 aliphatic carbocycles. The van der Waals surface area contributed by atoms with E-state index in [1.807, 2.05) is 24.0 Å². The molecule has 6 heteroatoms. The number of nitrogens with zero attached hydrogens (tertiary/aromatic N) is 1. The summed E-state index contributed by atoms with van der Waals surface area (Å²) in [4.78, 5) is 17.7. The Morgan fingerprint density at radius 1 is 1.35 bits per heavy atom. The standard InChI is InChI=1S/C20H27N3O2S/c1-4-21-20(26)23(12-17-6-5-7-25-17)11-16-10-15-8-13(2)14(3)9-18(15)22-19(16)24/h8-10,17H,4-7,11-12H2,1-3H3,(H,21,26)(H,22,24)/t17-/m0/s1. The summed E-state index contributed by atoms with van der Waals surface area (Å²) in [5.41, 5.74) is 3.93. The molecule has 1 fully saturated rings. The molecule has 3 rings (SSSR count). The van der Waals surface area contributed by atoms with E-state index in [1.165, 1.54) is 11.1 Å². The Morgan fingerprint density at radius 2 is 2.12 bits per heavy atom. The topological polar surface area (TPSA) is 57.4 Å². The fourth-order valence-electron chi connectivity index (χ4n) is 3.36. The SMILES string of the molecule is CCNC(=S)N(Cc1cc2cc(C)c(C)cc2[nH]c1=O)C[C@@H]1CCCO1. The van der Waals surface area contributed by atoms with E-state index in [1.54, 1.807) is 0 Å². The van der Waals surface area contributed by atoms with Crippen molar-refractivity contribution in [2.75, 3.05) is 19.7 Å². The van der Waals surface area contributed by atoms with Crippen LogP contribution in [0.4, 0.5) is 0 Å². The average Bonchev–Trinajstić information content (AvgIpc) is 3.10. The summed E-state index contributed by atoms with van der Waals surface area (Å²) in [6, 6.07) is 6.14. The highest BCUT2D eigenvalue weighted by atomic mass is 32.1. The summed E-state index contributed by atoms with van der Waals surface area (Å²) in [5, 5.41) is 4.92. The highest BCUT2D eigenvalue weighted by Crippen LogP contribution is 2.19. The van der Waals surface area contributed by atoms with Crippen molar-refractivity contribution in [1.82, 2.24) is 15.2 Å². The zero-order valence-electron chi connectivity index (χ0n) is 15.7. The first-order valence-electron chi connectivity index (χ1n) is 9.25. The van der Waals surface area contributed by atoms with Gasteiger partial charge in [-0.15, -0.1) is 0 Å². The quantitative estimate of drug-likeness (QED) is 0.789. The number of H-pyrrole nitrogens is 1. The number of hydrogen-bond donors (Lipinski definition) is 2. The first-order valence-corrected chi connectivity index (χ1v) is 9.66. The van der Waals surface area contributed by atoms with Gasteiger partial charge in [-0.25, -0.2) is 0 Å². The maximum Gasteiger partial charge on any atom is 0.253 e. The van der Waals surface area contributed by atoms with Crippen LogP contribution in [0.5, 0.6) is 0 Å². The largest absolute Gasteiger partial charge is 0.376 e. The van der Waals surface area contributed by atoms with Crippen molar-refractivity contribution in [3.05, 3.63) is 45.2 Å². The molecule has 2 aromatic rings. The van der Waals surface area contributed by atoms with E-state index < -0.39 is 0 Å². The number of benzene rings is 1. The van der Waals surface area contributed by atoms with Gasteiger partial charge < -0.3 is 19.9 Å². The summed E-state index contributed by atoms with van der Waals surface area (Å²) >= 11 is 5.53. The normalized spacial score (nSPS) is 16.8. The third kappa shape index (κ3) is 4.24. The van der Waals surface area contributed by atoms with Gasteiger partial charge in [-0.05, 0) is 80.5 Å². The number of thiocarbonyl (C=S) groups is 1. The second-order valence-corrected chi connectivity index (χ2v) is 7.39. The summed E-state index contributed by atoms with van der Waals surface area (Å²) in [6.07, 6.45) is 2.30. The molecule has 1 aliphatic heterocycles. The molecule has 0 radical (unpaired) electrons. The second-order valence-electron chi connectivity index (χ2n) is 7.00. The second kappa shape index (κ2) is 8.18. The summed E-state index contributed by atoms with van der Waals surface area (Å²) in [7, 11) is 0. The van der Waals surface area contributed by atoms with Crippen LogP contribution in [-0.4, -0.2) is 40.8 Å². The molecule has 1 aromatic heterocycles. The molecule has 26 heavy (non-hydrogen) atoms. The molecule has 2 heterocycles. The summed E-state index contributed by atoms with van der Waals surface area (Å²) in [6.45, 7) is 8.91. The third-order valence-corrected chi connectivity index (χ3v) is 5.36. The number of rotatable bonds is 5. The van der Waals surface area contributed by atoms with E-state index in [2.05, 4.69) is 30.2 Å². The molecule has 140 valence electrons. The Labute approximate surface area is 159 Å². The van der Waals surface area contributed by atoms with Crippen LogP contribution in [0.1, 0.15) is 36.5 Å². The lowest BCUT2D eigenvalue weighted by atomic mass is 10.0. The molecule has 5 nitrogen and oxygen atoms in total. The van der Waals surface area contributed by atoms with Gasteiger partial charge in [0.05, 0.1) is 12.6 Å². The lowest BCUT2D eigenvalue weighted by Crippen LogP contribution is -2.43. The lowest BCUT2D eigenvalue weighted by molar-refractivity contribution is 0.0897. The van der Waals surface area contributed by atoms with E-state index in [0.717, 1.165) is 42.5 Å². The number of ether oxygens (including phenoxy) is 1. The Kier molecular flexibility index (Phi) is 5.94. The fraction of sp³-hybridized carbons (Fsp3) is 0.500. The molecule has 0 unspecified atom stereocenters. The summed E-state index contributed by atoms with van der Waals surface area (Å²) in [5.74, 6) is 0. The molecule has 0 bridgehead atoms. The Morgan fingerprint density at radius 3 is 2.81 bits per heavy atom. The smallest absolute Gasteiger partial charge is 0.253 e. The number of aryl methyl sites for hydroxylation is 2. The molecule has 1 aliphatic rings. The number of aromatic amines is 1. The molecular formula is C20H27N3O2S. The van der Waals surface area contributed by atoms with Gasteiger partial charge in [-0.1, -0.05) is 0 Å². The maximum absolute atomic E-state index is 12.6. The molecule has 1 saturated heterocycles. The number of nitrogens with one attached hydrogen (secondary N) is 2. The number of hydrogen-bond acceptors (Lipinski definition) is 3. The summed E-state index contributed by atoms with van der Waals surface area (Å²) < 4.78 is 5.76. The highest BCUT2D eigenvalue weighted by molar-refractivity contribution is 7.80. The van der Waals surface area contributed by atoms with Crippen molar-refractivity contribution in [3.8, 4) is 0 Å². The van der Waals surface area contributed by atoms with Crippen LogP contribution in [0.25, 0.3) is 10.9 Å². The molecule has 2 N–H and O–H groups in total. The van der Waals surface area contributed by atoms with E-state index in [-0.39, 0.29) is 11.7 Å². The zero-order chi connectivity index (χ0) is 18.7. The number of fused-ring (bicyclic) bond motifs is 1. The Bertz CT molecular complexity index is 856. The molecular weight excluding hydrogens is 346 g/mol. The van der Waals surface area contributed by atoms with Gasteiger partial charge in [0.15, 0.2) is 5.11 Å². The van der Waals surface area contributed by atoms with Gasteiger partial charge in [-0.3, -0.25) is 4.79 Å².